The molecule has 1 aliphatic rings. The molecule has 1 fully saturated rings. The lowest BCUT2D eigenvalue weighted by Crippen LogP contribution is -2.13. The number of aryl methyl sites for hydroxylation is 1. The number of benzene rings is 1. The molecule has 0 amide bonds. The van der Waals surface area contributed by atoms with Gasteiger partial charge in [0, 0.05) is 0 Å². The van der Waals surface area contributed by atoms with E-state index in [0.29, 0.717) is 0 Å². The van der Waals surface area contributed by atoms with Crippen LogP contribution < -0.4 is 4.74 Å². The van der Waals surface area contributed by atoms with Crippen molar-refractivity contribution < 1.29 is 4.74 Å². The normalized spacial score (nSPS) is 22.1. The van der Waals surface area contributed by atoms with Gasteiger partial charge in [-0.05, 0) is 74.0 Å². The molecule has 0 radical (unpaired) electrons. The minimum absolute atomic E-state index is 0.757. The molecule has 0 unspecified atom stereocenters. The molecule has 0 heterocycles. The Morgan fingerprint density at radius 2 is 1.86 bits per heavy atom. The maximum atomic E-state index is 5.50. The molecular formula is C21H32O. The van der Waals surface area contributed by atoms with E-state index >= 15 is 0 Å². The molecule has 1 aliphatic carbocycles. The largest absolute Gasteiger partial charge is 0.496 e. The highest BCUT2D eigenvalue weighted by Gasteiger charge is 2.22. The summed E-state index contributed by atoms with van der Waals surface area (Å²) < 4.78 is 5.50. The number of hydrogen-bond donors (Lipinski definition) is 0. The quantitative estimate of drug-likeness (QED) is 0.539. The lowest BCUT2D eigenvalue weighted by Gasteiger charge is -2.28. The van der Waals surface area contributed by atoms with Crippen molar-refractivity contribution in [3.63, 3.8) is 0 Å². The van der Waals surface area contributed by atoms with Crippen LogP contribution in [0.3, 0.4) is 0 Å². The van der Waals surface area contributed by atoms with Gasteiger partial charge in [0.05, 0.1) is 7.11 Å². The zero-order chi connectivity index (χ0) is 15.8. The molecule has 0 aliphatic heterocycles. The Kier molecular flexibility index (Phi) is 7.02. The average molecular weight is 300 g/mol. The summed E-state index contributed by atoms with van der Waals surface area (Å²) in [5.74, 6) is 2.73. The van der Waals surface area contributed by atoms with E-state index in [2.05, 4.69) is 44.2 Å². The topological polar surface area (TPSA) is 9.23 Å². The maximum Gasteiger partial charge on any atom is 0.122 e. The molecule has 2 rings (SSSR count). The van der Waals surface area contributed by atoms with Crippen molar-refractivity contribution in [2.75, 3.05) is 7.11 Å². The second-order valence-electron chi connectivity index (χ2n) is 6.65. The van der Waals surface area contributed by atoms with Gasteiger partial charge in [-0.15, -0.1) is 0 Å². The molecule has 1 saturated carbocycles. The van der Waals surface area contributed by atoms with Crippen LogP contribution in [0.5, 0.6) is 5.75 Å². The lowest BCUT2D eigenvalue weighted by molar-refractivity contribution is 0.328. The number of allylic oxidation sites excluding steroid dienone is 2. The van der Waals surface area contributed by atoms with Gasteiger partial charge < -0.3 is 4.74 Å². The summed E-state index contributed by atoms with van der Waals surface area (Å²) in [6, 6.07) is 6.88. The molecule has 0 bridgehead atoms. The molecule has 0 atom stereocenters. The lowest BCUT2D eigenvalue weighted by atomic mass is 9.77. The third-order valence-electron chi connectivity index (χ3n) is 5.01. The van der Waals surface area contributed by atoms with Gasteiger partial charge in [-0.3, -0.25) is 0 Å². The second-order valence-corrected chi connectivity index (χ2v) is 6.65. The second kappa shape index (κ2) is 9.02. The predicted molar refractivity (Wildman–Crippen MR) is 95.7 cm³/mol. The minimum atomic E-state index is 0.757. The summed E-state index contributed by atoms with van der Waals surface area (Å²) in [7, 11) is 1.78. The molecule has 0 N–H and O–H groups in total. The maximum absolute atomic E-state index is 5.50. The van der Waals surface area contributed by atoms with Crippen molar-refractivity contribution in [3.8, 4) is 5.75 Å². The van der Waals surface area contributed by atoms with Crippen LogP contribution in [-0.2, 0) is 6.42 Å². The summed E-state index contributed by atoms with van der Waals surface area (Å²) in [6.07, 6.45) is 14.9. The fourth-order valence-electron chi connectivity index (χ4n) is 3.70. The molecule has 0 aromatic heterocycles. The average Bonchev–Trinajstić information content (AvgIpc) is 2.56. The molecule has 0 spiro atoms. The van der Waals surface area contributed by atoms with Gasteiger partial charge >= 0.3 is 0 Å². The molecule has 1 heteroatoms. The summed E-state index contributed by atoms with van der Waals surface area (Å²) in [6.45, 7) is 4.45. The van der Waals surface area contributed by atoms with Gasteiger partial charge in [-0.25, -0.2) is 0 Å². The Hall–Kier alpha value is -1.24. The summed E-state index contributed by atoms with van der Waals surface area (Å²) in [5, 5.41) is 0. The predicted octanol–water partition coefficient (Wildman–Crippen LogP) is 6.28. The first-order valence-corrected chi connectivity index (χ1v) is 9.10. The molecule has 22 heavy (non-hydrogen) atoms. The van der Waals surface area contributed by atoms with Gasteiger partial charge in [-0.1, -0.05) is 44.6 Å². The molecule has 1 nitrogen and oxygen atoms in total. The first-order valence-electron chi connectivity index (χ1n) is 9.10. The zero-order valence-corrected chi connectivity index (χ0v) is 14.6. The van der Waals surface area contributed by atoms with Crippen molar-refractivity contribution in [1.82, 2.24) is 0 Å². The Morgan fingerprint density at radius 1 is 1.09 bits per heavy atom. The van der Waals surface area contributed by atoms with Gasteiger partial charge in [0.1, 0.15) is 5.75 Å². The van der Waals surface area contributed by atoms with Crippen LogP contribution in [-0.4, -0.2) is 7.11 Å². The van der Waals surface area contributed by atoms with Crippen LogP contribution in [0.2, 0.25) is 0 Å². The van der Waals surface area contributed by atoms with Crippen LogP contribution in [0.25, 0.3) is 0 Å². The SMILES string of the molecule is CCC=CC[C@H]1CC[C@H](c2ccc(OC)c(CCC)c2)CC1. The van der Waals surface area contributed by atoms with E-state index < -0.39 is 0 Å². The fraction of sp³-hybridized carbons (Fsp3) is 0.619. The molecule has 1 aromatic rings. The standard InChI is InChI=1S/C21H32O/c1-4-6-7-9-17-10-12-18(13-11-17)19-14-15-21(22-3)20(16-19)8-5-2/h6-7,14-18H,4-5,8-13H2,1-3H3/t17-,18-. The Balaban J connectivity index is 1.96. The van der Waals surface area contributed by atoms with Crippen LogP contribution in [0.15, 0.2) is 30.4 Å². The van der Waals surface area contributed by atoms with Gasteiger partial charge in [0.2, 0.25) is 0 Å². The number of rotatable bonds is 7. The smallest absolute Gasteiger partial charge is 0.122 e. The van der Waals surface area contributed by atoms with Crippen LogP contribution in [0, 0.1) is 5.92 Å². The molecule has 0 saturated heterocycles. The molecular weight excluding hydrogens is 268 g/mol. The van der Waals surface area contributed by atoms with E-state index in [0.717, 1.165) is 24.0 Å². The van der Waals surface area contributed by atoms with Gasteiger partial charge in [-0.2, -0.15) is 0 Å². The minimum Gasteiger partial charge on any atom is -0.496 e. The monoisotopic (exact) mass is 300 g/mol. The van der Waals surface area contributed by atoms with Crippen molar-refractivity contribution in [2.24, 2.45) is 5.92 Å². The first kappa shape index (κ1) is 17.1. The van der Waals surface area contributed by atoms with Crippen molar-refractivity contribution in [2.45, 2.75) is 71.1 Å². The van der Waals surface area contributed by atoms with Crippen LogP contribution in [0.1, 0.15) is 75.8 Å². The van der Waals surface area contributed by atoms with E-state index in [-0.39, 0.29) is 0 Å². The van der Waals surface area contributed by atoms with E-state index in [1.165, 1.54) is 56.1 Å². The molecule has 1 aromatic carbocycles. The Bertz CT molecular complexity index is 467. The van der Waals surface area contributed by atoms with Crippen molar-refractivity contribution in [3.05, 3.63) is 41.5 Å². The summed E-state index contributed by atoms with van der Waals surface area (Å²) in [4.78, 5) is 0. The van der Waals surface area contributed by atoms with Crippen molar-refractivity contribution in [1.29, 1.82) is 0 Å². The summed E-state index contributed by atoms with van der Waals surface area (Å²) >= 11 is 0. The third kappa shape index (κ3) is 4.63. The third-order valence-corrected chi connectivity index (χ3v) is 5.01. The number of ether oxygens (including phenoxy) is 1. The number of hydrogen-bond acceptors (Lipinski definition) is 1. The highest BCUT2D eigenvalue weighted by atomic mass is 16.5. The highest BCUT2D eigenvalue weighted by molar-refractivity contribution is 5.39. The number of methoxy groups -OCH3 is 1. The van der Waals surface area contributed by atoms with E-state index in [1.54, 1.807) is 7.11 Å². The van der Waals surface area contributed by atoms with Gasteiger partial charge in [0.25, 0.3) is 0 Å². The Labute approximate surface area is 136 Å². The van der Waals surface area contributed by atoms with Crippen LogP contribution >= 0.6 is 0 Å². The highest BCUT2D eigenvalue weighted by Crippen LogP contribution is 2.38. The van der Waals surface area contributed by atoms with Crippen molar-refractivity contribution >= 4 is 0 Å². The van der Waals surface area contributed by atoms with E-state index in [4.69, 9.17) is 4.74 Å². The van der Waals surface area contributed by atoms with E-state index in [1.807, 2.05) is 0 Å². The summed E-state index contributed by atoms with van der Waals surface area (Å²) in [5.41, 5.74) is 2.92. The van der Waals surface area contributed by atoms with Gasteiger partial charge in [0.15, 0.2) is 0 Å². The van der Waals surface area contributed by atoms with Crippen LogP contribution in [0.4, 0.5) is 0 Å². The zero-order valence-electron chi connectivity index (χ0n) is 14.6. The first-order chi connectivity index (χ1) is 10.8. The fourth-order valence-corrected chi connectivity index (χ4v) is 3.70. The molecule has 122 valence electrons. The van der Waals surface area contributed by atoms with E-state index in [9.17, 15) is 0 Å². The Morgan fingerprint density at radius 3 is 2.50 bits per heavy atom.